The van der Waals surface area contributed by atoms with Gasteiger partial charge in [0.25, 0.3) is 0 Å². The smallest absolute Gasteiger partial charge is 0 e. The molecule has 0 aliphatic heterocycles. The maximum absolute atomic E-state index is 2.46. The second kappa shape index (κ2) is 36.2. The predicted octanol–water partition coefficient (Wildman–Crippen LogP) is 5.24. The van der Waals surface area contributed by atoms with E-state index < -0.39 is 0 Å². The molecule has 0 aromatic rings. The molecule has 0 saturated carbocycles. The first kappa shape index (κ1) is 36.5. The van der Waals surface area contributed by atoms with Gasteiger partial charge in [0.1, 0.15) is 0 Å². The predicted molar refractivity (Wildman–Crippen MR) is 65.4 cm³/mol. The van der Waals surface area contributed by atoms with Gasteiger partial charge < -0.3 is 21.3 Å². The van der Waals surface area contributed by atoms with Gasteiger partial charge in [0.05, 0.1) is 0 Å². The molecule has 0 nitrogen and oxygen atoms in total. The maximum atomic E-state index is 2.46. The van der Waals surface area contributed by atoms with Crippen molar-refractivity contribution in [1.29, 1.82) is 0 Å². The Kier molecular flexibility index (Phi) is 82.7. The van der Waals surface area contributed by atoms with Crippen LogP contribution in [0.25, 0.3) is 0 Å². The second-order valence-electron chi connectivity index (χ2n) is 3.28. The minimum atomic E-state index is 0. The van der Waals surface area contributed by atoms with Gasteiger partial charge in [-0.25, -0.2) is 0 Å². The Morgan fingerprint density at radius 2 is 0.938 bits per heavy atom. The summed E-state index contributed by atoms with van der Waals surface area (Å²) in [6.07, 6.45) is 13.5. The summed E-state index contributed by atoms with van der Waals surface area (Å²) in [5.41, 5.74) is 0. The van der Waals surface area contributed by atoms with Crippen LogP contribution in [0.3, 0.4) is 0 Å². The van der Waals surface area contributed by atoms with Crippen LogP contribution < -0.4 is 0 Å². The molecule has 0 heterocycles. The third kappa shape index (κ3) is 36.0. The molecule has 0 aromatic carbocycles. The Hall–Kier alpha value is 3.31. The average molecular weight is 452 g/mol. The molecule has 0 spiro atoms. The fourth-order valence-corrected chi connectivity index (χ4v) is 1.22. The molecule has 0 fully saturated rings. The van der Waals surface area contributed by atoms with Crippen molar-refractivity contribution in [1.82, 2.24) is 0 Å². The zero-order valence-electron chi connectivity index (χ0n) is 12.0. The molecule has 0 aromatic heterocycles. The van der Waals surface area contributed by atoms with Crippen molar-refractivity contribution in [2.24, 2.45) is 0 Å². The van der Waals surface area contributed by atoms with Crippen LogP contribution >= 0.6 is 0 Å². The van der Waals surface area contributed by atoms with Crippen LogP contribution in [-0.4, -0.2) is 0 Å². The van der Waals surface area contributed by atoms with E-state index in [1.165, 1.54) is 51.4 Å². The van der Waals surface area contributed by atoms with Crippen LogP contribution in [-0.2, 0) is 98.1 Å². The van der Waals surface area contributed by atoms with Crippen LogP contribution in [0.5, 0.6) is 0 Å². The fraction of sp³-hybridized carbons (Fsp3) is 0.769. The Morgan fingerprint density at radius 3 is 1.19 bits per heavy atom. The van der Waals surface area contributed by atoms with E-state index in [9.17, 15) is 0 Å². The summed E-state index contributed by atoms with van der Waals surface area (Å²) in [5, 5.41) is 0. The first-order valence-corrected chi connectivity index (χ1v) is 5.23. The molecule has 0 amide bonds. The van der Waals surface area contributed by atoms with Crippen molar-refractivity contribution in [2.45, 2.75) is 65.2 Å². The molecular weight excluding hydrogens is 423 g/mol. The van der Waals surface area contributed by atoms with E-state index in [0.29, 0.717) is 0 Å². The van der Waals surface area contributed by atoms with Crippen molar-refractivity contribution < 1.29 is 98.1 Å². The maximum Gasteiger partial charge on any atom is 0 e. The molecular formula is C13H29Y3-3. The molecule has 3 radical (unpaired) electrons. The van der Waals surface area contributed by atoms with Crippen LogP contribution in [0.4, 0.5) is 0 Å². The van der Waals surface area contributed by atoms with E-state index in [0.717, 1.165) is 0 Å². The summed E-state index contributed by atoms with van der Waals surface area (Å²) in [5.74, 6) is 0. The van der Waals surface area contributed by atoms with Gasteiger partial charge in [0.15, 0.2) is 0 Å². The number of hydrogen-bond donors (Lipinski definition) is 0. The van der Waals surface area contributed by atoms with E-state index in [4.69, 9.17) is 0 Å². The van der Waals surface area contributed by atoms with Gasteiger partial charge in [-0.05, 0) is 0 Å². The van der Waals surface area contributed by atoms with Crippen molar-refractivity contribution in [3.8, 4) is 0 Å². The third-order valence-electron chi connectivity index (χ3n) is 2.02. The van der Waals surface area contributed by atoms with Gasteiger partial charge in [-0.15, -0.1) is 0 Å². The Morgan fingerprint density at radius 1 is 0.625 bits per heavy atom. The minimum Gasteiger partial charge on any atom is -0.358 e. The number of unbranched alkanes of at least 4 members (excludes halogenated alkanes) is 8. The van der Waals surface area contributed by atoms with Crippen LogP contribution in [0.1, 0.15) is 65.2 Å². The fourth-order valence-electron chi connectivity index (χ4n) is 1.22. The molecule has 0 aliphatic carbocycles. The third-order valence-corrected chi connectivity index (χ3v) is 2.02. The van der Waals surface area contributed by atoms with E-state index in [1.54, 1.807) is 0 Å². The van der Waals surface area contributed by atoms with Gasteiger partial charge in [0, 0.05) is 98.1 Å². The van der Waals surface area contributed by atoms with E-state index >= 15 is 0 Å². The van der Waals surface area contributed by atoms with Crippen LogP contribution in [0.2, 0.25) is 0 Å². The molecule has 93 valence electrons. The second-order valence-corrected chi connectivity index (χ2v) is 3.28. The summed E-state index contributed by atoms with van der Waals surface area (Å²) < 4.78 is 0. The Balaban J connectivity index is -0.0000000500. The van der Waals surface area contributed by atoms with Crippen molar-refractivity contribution in [3.63, 3.8) is 0 Å². The monoisotopic (exact) mass is 452 g/mol. The summed E-state index contributed by atoms with van der Waals surface area (Å²) in [4.78, 5) is 0. The molecule has 0 bridgehead atoms. The zero-order valence-corrected chi connectivity index (χ0v) is 20.5. The van der Waals surface area contributed by atoms with Crippen LogP contribution in [0.15, 0.2) is 0 Å². The topological polar surface area (TPSA) is 0 Å². The average Bonchev–Trinajstić information content (AvgIpc) is 2.03. The zero-order chi connectivity index (χ0) is 8.36. The first-order valence-electron chi connectivity index (χ1n) is 5.23. The SMILES string of the molecule is CCCCC[CH-]CCCCC.[CH3-].[CH3-].[Y].[Y].[Y]. The normalized spacial score (nSPS) is 7.12. The Bertz CT molecular complexity index is 60.2. The number of rotatable bonds is 8. The molecule has 0 saturated heterocycles. The van der Waals surface area contributed by atoms with Gasteiger partial charge in [-0.3, -0.25) is 0 Å². The quantitative estimate of drug-likeness (QED) is 0.349. The van der Waals surface area contributed by atoms with Crippen molar-refractivity contribution in [2.75, 3.05) is 0 Å². The van der Waals surface area contributed by atoms with Crippen molar-refractivity contribution in [3.05, 3.63) is 21.3 Å². The summed E-state index contributed by atoms with van der Waals surface area (Å²) in [6.45, 7) is 4.52. The summed E-state index contributed by atoms with van der Waals surface area (Å²) >= 11 is 0. The van der Waals surface area contributed by atoms with Gasteiger partial charge in [-0.1, -0.05) is 52.4 Å². The molecule has 0 N–H and O–H groups in total. The molecule has 0 aliphatic rings. The summed E-state index contributed by atoms with van der Waals surface area (Å²) in [7, 11) is 0. The molecule has 0 unspecified atom stereocenters. The molecule has 0 atom stereocenters. The van der Waals surface area contributed by atoms with Gasteiger partial charge in [-0.2, -0.15) is 12.8 Å². The minimum absolute atomic E-state index is 0. The molecule has 0 rings (SSSR count). The first-order chi connectivity index (χ1) is 5.41. The largest absolute Gasteiger partial charge is 0.358 e. The molecule has 16 heavy (non-hydrogen) atoms. The van der Waals surface area contributed by atoms with Gasteiger partial charge in [0.2, 0.25) is 0 Å². The van der Waals surface area contributed by atoms with Crippen LogP contribution in [0, 0.1) is 21.3 Å². The number of hydrogen-bond acceptors (Lipinski definition) is 0. The van der Waals surface area contributed by atoms with E-state index in [1.807, 2.05) is 0 Å². The van der Waals surface area contributed by atoms with E-state index in [-0.39, 0.29) is 113 Å². The van der Waals surface area contributed by atoms with Gasteiger partial charge >= 0.3 is 0 Å². The Labute approximate surface area is 181 Å². The summed E-state index contributed by atoms with van der Waals surface area (Å²) in [6, 6.07) is 0. The van der Waals surface area contributed by atoms with E-state index in [2.05, 4.69) is 20.3 Å². The van der Waals surface area contributed by atoms with Crippen molar-refractivity contribution >= 4 is 0 Å². The standard InChI is InChI=1S/C11H23.2CH3.3Y/c1-3-5-7-9-11-10-8-6-4-2;;;;;/h11H,3-10H2,1-2H3;2*1H3;;;/q3*-1;;;. The molecule has 3 heteroatoms.